The third kappa shape index (κ3) is 7.14. The summed E-state index contributed by atoms with van der Waals surface area (Å²) in [4.78, 5) is 40.0. The highest BCUT2D eigenvalue weighted by Gasteiger charge is 2.57. The zero-order valence-corrected chi connectivity index (χ0v) is 31.9. The summed E-state index contributed by atoms with van der Waals surface area (Å²) in [7, 11) is 1.61. The van der Waals surface area contributed by atoms with Crippen LogP contribution in [-0.4, -0.2) is 58.2 Å². The molecule has 8 rings (SSSR count). The van der Waals surface area contributed by atoms with Crippen molar-refractivity contribution in [3.05, 3.63) is 87.4 Å². The molecule has 2 bridgehead atoms. The van der Waals surface area contributed by atoms with Gasteiger partial charge in [0.05, 0.1) is 52.7 Å². The van der Waals surface area contributed by atoms with Crippen molar-refractivity contribution < 1.29 is 19.4 Å². The minimum atomic E-state index is -0.614. The Hall–Kier alpha value is -4.29. The summed E-state index contributed by atoms with van der Waals surface area (Å²) >= 11 is 14.3. The second kappa shape index (κ2) is 15.1. The molecule has 54 heavy (non-hydrogen) atoms. The van der Waals surface area contributed by atoms with Gasteiger partial charge in [0.2, 0.25) is 11.8 Å². The van der Waals surface area contributed by atoms with Crippen molar-refractivity contribution in [1.82, 2.24) is 30.9 Å². The number of hydrogen-bond acceptors (Lipinski definition) is 9. The number of nitrogens with one attached hydrogen (secondary N) is 3. The SMILES string of the molecule is COc1nc(-c2cccc(-c3cccc(N4Cc5cnc(CNCCC67CCC(C(=O)O)(CC6)C7)nc5C4)c3Cl)c2Cl)ccc1CNC[C@@H]1CCC(=O)N1. The lowest BCUT2D eigenvalue weighted by Crippen LogP contribution is -2.35. The summed E-state index contributed by atoms with van der Waals surface area (Å²) in [5, 5.41) is 20.8. The summed E-state index contributed by atoms with van der Waals surface area (Å²) in [6.45, 7) is 3.89. The molecule has 4 N–H and O–H groups in total. The van der Waals surface area contributed by atoms with Crippen LogP contribution < -0.4 is 25.6 Å². The Labute approximate surface area is 325 Å². The fourth-order valence-electron chi connectivity index (χ4n) is 9.01. The smallest absolute Gasteiger partial charge is 0.309 e. The first kappa shape index (κ1) is 36.7. The molecule has 2 aromatic heterocycles. The minimum absolute atomic E-state index is 0.102. The van der Waals surface area contributed by atoms with Crippen molar-refractivity contribution in [2.75, 3.05) is 25.1 Å². The molecule has 0 spiro atoms. The van der Waals surface area contributed by atoms with Crippen molar-refractivity contribution in [2.24, 2.45) is 10.8 Å². The van der Waals surface area contributed by atoms with E-state index in [4.69, 9.17) is 37.9 Å². The van der Waals surface area contributed by atoms with Crippen LogP contribution in [0.2, 0.25) is 10.0 Å². The number of ether oxygens (including phenoxy) is 1. The number of amides is 1. The van der Waals surface area contributed by atoms with E-state index >= 15 is 0 Å². The molecule has 1 atom stereocenters. The molecule has 1 saturated heterocycles. The first-order chi connectivity index (χ1) is 26.2. The van der Waals surface area contributed by atoms with E-state index in [2.05, 4.69) is 25.8 Å². The predicted octanol–water partition coefficient (Wildman–Crippen LogP) is 6.92. The van der Waals surface area contributed by atoms with E-state index in [0.717, 1.165) is 96.5 Å². The molecule has 2 aliphatic carbocycles. The number of aromatic nitrogens is 3. The highest BCUT2D eigenvalue weighted by atomic mass is 35.5. The van der Waals surface area contributed by atoms with Gasteiger partial charge in [0.25, 0.3) is 0 Å². The number of anilines is 1. The van der Waals surface area contributed by atoms with E-state index in [-0.39, 0.29) is 17.4 Å². The largest absolute Gasteiger partial charge is 0.481 e. The Kier molecular flexibility index (Phi) is 10.3. The summed E-state index contributed by atoms with van der Waals surface area (Å²) in [5.74, 6) is 0.753. The number of carbonyl (C=O) groups excluding carboxylic acids is 1. The number of rotatable bonds is 14. The molecule has 282 valence electrons. The molecule has 2 saturated carbocycles. The van der Waals surface area contributed by atoms with E-state index < -0.39 is 11.4 Å². The van der Waals surface area contributed by atoms with E-state index in [1.807, 2.05) is 54.7 Å². The van der Waals surface area contributed by atoms with Crippen molar-refractivity contribution in [2.45, 2.75) is 83.6 Å². The van der Waals surface area contributed by atoms with E-state index in [9.17, 15) is 14.7 Å². The van der Waals surface area contributed by atoms with E-state index in [1.54, 1.807) is 7.11 Å². The number of pyridine rings is 1. The highest BCUT2D eigenvalue weighted by Crippen LogP contribution is 2.63. The summed E-state index contributed by atoms with van der Waals surface area (Å²) < 4.78 is 5.67. The predicted molar refractivity (Wildman–Crippen MR) is 208 cm³/mol. The quantitative estimate of drug-likeness (QED) is 0.0999. The fraction of sp³-hybridized carbons (Fsp3) is 0.439. The first-order valence-corrected chi connectivity index (χ1v) is 19.6. The lowest BCUT2D eigenvalue weighted by molar-refractivity contribution is -0.148. The molecule has 2 aliphatic heterocycles. The molecule has 4 aliphatic rings. The third-order valence-corrected chi connectivity index (χ3v) is 12.9. The van der Waals surface area contributed by atoms with E-state index in [1.165, 1.54) is 0 Å². The van der Waals surface area contributed by atoms with E-state index in [0.29, 0.717) is 60.8 Å². The van der Waals surface area contributed by atoms with Crippen LogP contribution in [-0.2, 0) is 35.8 Å². The van der Waals surface area contributed by atoms with Gasteiger partial charge in [0.1, 0.15) is 5.82 Å². The number of carboxylic acids is 1. The lowest BCUT2D eigenvalue weighted by Gasteiger charge is -2.26. The second-order valence-electron chi connectivity index (χ2n) is 15.4. The van der Waals surface area contributed by atoms with Gasteiger partial charge in [-0.2, -0.15) is 0 Å². The number of benzene rings is 2. The zero-order valence-electron chi connectivity index (χ0n) is 30.4. The molecule has 0 radical (unpaired) electrons. The van der Waals surface area contributed by atoms with Crippen LogP contribution in [0.25, 0.3) is 22.4 Å². The first-order valence-electron chi connectivity index (χ1n) is 18.8. The molecule has 3 fully saturated rings. The summed E-state index contributed by atoms with van der Waals surface area (Å²) in [5.41, 5.74) is 6.64. The number of carbonyl (C=O) groups is 2. The Morgan fingerprint density at radius 2 is 1.76 bits per heavy atom. The average Bonchev–Trinajstić information content (AvgIpc) is 3.97. The molecular formula is C41H45Cl2N7O4. The number of fused-ring (bicyclic) bond motifs is 3. The molecule has 13 heteroatoms. The van der Waals surface area contributed by atoms with Crippen molar-refractivity contribution in [3.63, 3.8) is 0 Å². The number of hydrogen-bond donors (Lipinski definition) is 4. The Balaban J connectivity index is 0.919. The Morgan fingerprint density at radius 3 is 2.50 bits per heavy atom. The van der Waals surface area contributed by atoms with Gasteiger partial charge in [-0.05, 0) is 69.0 Å². The van der Waals surface area contributed by atoms with Crippen LogP contribution in [0.15, 0.2) is 54.7 Å². The van der Waals surface area contributed by atoms with Crippen LogP contribution in [0.5, 0.6) is 5.88 Å². The van der Waals surface area contributed by atoms with Gasteiger partial charge < -0.3 is 30.7 Å². The van der Waals surface area contributed by atoms with Crippen molar-refractivity contribution in [1.29, 1.82) is 0 Å². The number of aliphatic carboxylic acids is 1. The maximum atomic E-state index is 11.8. The second-order valence-corrected chi connectivity index (χ2v) is 16.2. The van der Waals surface area contributed by atoms with Crippen molar-refractivity contribution in [3.8, 4) is 28.3 Å². The van der Waals surface area contributed by atoms with Crippen LogP contribution >= 0.6 is 23.2 Å². The summed E-state index contributed by atoms with van der Waals surface area (Å²) in [6, 6.07) is 16.0. The number of nitrogens with zero attached hydrogens (tertiary/aromatic N) is 4. The normalized spacial score (nSPS) is 22.8. The monoisotopic (exact) mass is 769 g/mol. The van der Waals surface area contributed by atoms with Crippen LogP contribution in [0.3, 0.4) is 0 Å². The molecule has 4 heterocycles. The maximum Gasteiger partial charge on any atom is 0.309 e. The van der Waals surface area contributed by atoms with Gasteiger partial charge in [0.15, 0.2) is 0 Å². The van der Waals surface area contributed by atoms with Gasteiger partial charge >= 0.3 is 5.97 Å². The van der Waals surface area contributed by atoms with Gasteiger partial charge in [-0.1, -0.05) is 59.6 Å². The molecule has 2 aromatic carbocycles. The highest BCUT2D eigenvalue weighted by molar-refractivity contribution is 6.39. The lowest BCUT2D eigenvalue weighted by atomic mass is 9.80. The molecule has 0 unspecified atom stereocenters. The average molecular weight is 771 g/mol. The Bertz CT molecular complexity index is 2090. The molecular weight excluding hydrogens is 725 g/mol. The molecule has 1 amide bonds. The Morgan fingerprint density at radius 1 is 0.981 bits per heavy atom. The zero-order chi connectivity index (χ0) is 37.5. The minimum Gasteiger partial charge on any atom is -0.481 e. The van der Waals surface area contributed by atoms with Gasteiger partial charge in [0, 0.05) is 66.1 Å². The topological polar surface area (TPSA) is 142 Å². The fourth-order valence-corrected chi connectivity index (χ4v) is 9.69. The van der Waals surface area contributed by atoms with Crippen LogP contribution in [0.4, 0.5) is 5.69 Å². The van der Waals surface area contributed by atoms with Crippen LogP contribution in [0, 0.1) is 10.8 Å². The number of carboxylic acid groups (broad SMARTS) is 1. The maximum absolute atomic E-state index is 11.8. The van der Waals surface area contributed by atoms with Gasteiger partial charge in [-0.25, -0.2) is 15.0 Å². The van der Waals surface area contributed by atoms with Crippen molar-refractivity contribution >= 4 is 40.8 Å². The molecule has 11 nitrogen and oxygen atoms in total. The third-order valence-electron chi connectivity index (χ3n) is 12.1. The van der Waals surface area contributed by atoms with Crippen LogP contribution in [0.1, 0.15) is 74.0 Å². The standard InChI is InChI=1S/C41H45Cl2N7O4/c1-54-38-25(18-45-20-27-9-11-35(51)47-27)8-10-31(49-38)30-6-2-4-28(36(30)42)29-5-3-7-33(37(29)43)50-22-26-19-46-34(48-32(26)23-50)21-44-17-16-40-12-14-41(24-40,15-13-40)39(52)53/h2-8,10,19,27,44-45H,9,11-18,20-24H2,1H3,(H,47,51)(H,52,53)/t27-,40?,41?/m0/s1. The number of halogens is 2. The molecule has 4 aromatic rings. The number of methoxy groups -OCH3 is 1. The van der Waals surface area contributed by atoms with Gasteiger partial charge in [-0.15, -0.1) is 0 Å². The van der Waals surface area contributed by atoms with Gasteiger partial charge in [-0.3, -0.25) is 9.59 Å². The summed E-state index contributed by atoms with van der Waals surface area (Å²) in [6.07, 6.45) is 8.77.